The number of nitrogen functional groups attached to an aromatic ring is 1. The molecule has 1 rings (SSSR count). The Morgan fingerprint density at radius 2 is 0.700 bits per heavy atom. The van der Waals surface area contributed by atoms with Gasteiger partial charge in [-0.2, -0.15) is 0 Å². The quantitative estimate of drug-likeness (QED) is 0.485. The molecule has 0 atom stereocenters. The van der Waals surface area contributed by atoms with Crippen LogP contribution in [-0.2, 0) is 0 Å². The molecule has 0 unspecified atom stereocenters. The Labute approximate surface area is 132 Å². The maximum atomic E-state index is 5.43. The minimum Gasteiger partial charge on any atom is -0.399 e. The van der Waals surface area contributed by atoms with Gasteiger partial charge < -0.3 is 5.73 Å². The number of hydrogen-bond acceptors (Lipinski definition) is 1. The van der Waals surface area contributed by atoms with Gasteiger partial charge >= 0.3 is 0 Å². The van der Waals surface area contributed by atoms with Crippen LogP contribution in [-0.4, -0.2) is 0 Å². The van der Waals surface area contributed by atoms with E-state index in [2.05, 4.69) is 0 Å². The van der Waals surface area contributed by atoms with Crippen molar-refractivity contribution in [3.63, 3.8) is 0 Å². The first-order valence-electron chi connectivity index (χ1n) is 8.61. The Bertz CT molecular complexity index is 145. The number of hydrogen-bond donors (Lipinski definition) is 1. The highest BCUT2D eigenvalue weighted by Gasteiger charge is 1.80. The second kappa shape index (κ2) is 64.2. The molecule has 0 aliphatic carbocycles. The third-order valence-electron chi connectivity index (χ3n) is 1.08. The van der Waals surface area contributed by atoms with Gasteiger partial charge in [-0.25, -0.2) is 0 Å². The van der Waals surface area contributed by atoms with E-state index in [1.54, 1.807) is 0 Å². The van der Waals surface area contributed by atoms with E-state index < -0.39 is 0 Å². The van der Waals surface area contributed by atoms with Crippen molar-refractivity contribution in [3.05, 3.63) is 29.8 Å². The van der Waals surface area contributed by atoms with Crippen LogP contribution in [0.4, 0.5) is 5.69 Å². The van der Waals surface area contributed by atoms with Crippen LogP contribution in [0.2, 0.25) is 0 Å². The fraction of sp³-hybridized carbons (Fsp3) is 0.684. The van der Waals surface area contributed by atoms with Gasteiger partial charge in [-0.05, 0) is 19.1 Å². The molecular weight excluding hydrogens is 242 g/mol. The molecule has 0 amide bonds. The van der Waals surface area contributed by atoms with Crippen LogP contribution in [0.25, 0.3) is 0 Å². The van der Waals surface area contributed by atoms with E-state index in [9.17, 15) is 0 Å². The molecule has 1 heteroatoms. The molecule has 0 saturated heterocycles. The summed E-state index contributed by atoms with van der Waals surface area (Å²) in [4.78, 5) is 0. The number of benzene rings is 1. The number of rotatable bonds is 0. The van der Waals surface area contributed by atoms with Crippen LogP contribution in [0, 0.1) is 6.92 Å². The van der Waals surface area contributed by atoms with Crippen molar-refractivity contribution < 1.29 is 0 Å². The summed E-state index contributed by atoms with van der Waals surface area (Å²) in [5.74, 6) is 0. The second-order valence-corrected chi connectivity index (χ2v) is 1.91. The Morgan fingerprint density at radius 1 is 0.500 bits per heavy atom. The zero-order valence-corrected chi connectivity index (χ0v) is 16.9. The third-order valence-corrected chi connectivity index (χ3v) is 1.08. The summed E-state index contributed by atoms with van der Waals surface area (Å²) < 4.78 is 0. The highest BCUT2D eigenvalue weighted by molar-refractivity contribution is 5.38. The molecule has 0 radical (unpaired) electrons. The summed E-state index contributed by atoms with van der Waals surface area (Å²) >= 11 is 0. The SMILES string of the molecule is CC.CC.CC.CC.CC.CC.Cc1ccc(N)cc1. The summed E-state index contributed by atoms with van der Waals surface area (Å²) in [6.45, 7) is 26.0. The number of nitrogens with two attached hydrogens (primary N) is 1. The predicted molar refractivity (Wildman–Crippen MR) is 104 cm³/mol. The molecule has 0 aliphatic heterocycles. The smallest absolute Gasteiger partial charge is 0.0314 e. The van der Waals surface area contributed by atoms with Crippen LogP contribution in [0.5, 0.6) is 0 Å². The van der Waals surface area contributed by atoms with E-state index in [-0.39, 0.29) is 0 Å². The Balaban J connectivity index is -0.0000000350. The summed E-state index contributed by atoms with van der Waals surface area (Å²) in [6, 6.07) is 7.79. The lowest BCUT2D eigenvalue weighted by atomic mass is 10.2. The van der Waals surface area contributed by atoms with Crippen molar-refractivity contribution in [2.45, 2.75) is 90.0 Å². The zero-order valence-electron chi connectivity index (χ0n) is 16.9. The van der Waals surface area contributed by atoms with Crippen LogP contribution >= 0.6 is 0 Å². The molecule has 0 fully saturated rings. The van der Waals surface area contributed by atoms with Gasteiger partial charge in [0.2, 0.25) is 0 Å². The zero-order chi connectivity index (χ0) is 18.0. The monoisotopic (exact) mass is 287 g/mol. The summed E-state index contributed by atoms with van der Waals surface area (Å²) in [6.07, 6.45) is 0. The summed E-state index contributed by atoms with van der Waals surface area (Å²) in [7, 11) is 0. The maximum Gasteiger partial charge on any atom is 0.0314 e. The highest BCUT2D eigenvalue weighted by Crippen LogP contribution is 2.02. The van der Waals surface area contributed by atoms with E-state index in [4.69, 9.17) is 5.73 Å². The van der Waals surface area contributed by atoms with E-state index in [1.165, 1.54) is 5.56 Å². The van der Waals surface area contributed by atoms with E-state index in [1.807, 2.05) is 114 Å². The fourth-order valence-corrected chi connectivity index (χ4v) is 0.566. The van der Waals surface area contributed by atoms with Gasteiger partial charge in [-0.1, -0.05) is 101 Å². The number of anilines is 1. The number of aryl methyl sites for hydroxylation is 1. The molecule has 0 saturated carbocycles. The van der Waals surface area contributed by atoms with Crippen LogP contribution in [0.1, 0.15) is 88.6 Å². The van der Waals surface area contributed by atoms with Gasteiger partial charge in [0.1, 0.15) is 0 Å². The minimum atomic E-state index is 0.829. The summed E-state index contributed by atoms with van der Waals surface area (Å²) in [5.41, 5.74) is 7.51. The van der Waals surface area contributed by atoms with Crippen molar-refractivity contribution >= 4 is 5.69 Å². The first kappa shape index (κ1) is 36.4. The lowest BCUT2D eigenvalue weighted by molar-refractivity contribution is 1.47. The molecule has 0 spiro atoms. The molecule has 1 nitrogen and oxygen atoms in total. The molecule has 20 heavy (non-hydrogen) atoms. The lowest BCUT2D eigenvalue weighted by Gasteiger charge is -1.90. The van der Waals surface area contributed by atoms with Crippen molar-refractivity contribution in [2.75, 3.05) is 5.73 Å². The Morgan fingerprint density at radius 3 is 0.850 bits per heavy atom. The Hall–Kier alpha value is -0.980. The van der Waals surface area contributed by atoms with E-state index in [0.717, 1.165) is 5.69 Å². The minimum absolute atomic E-state index is 0.829. The normalized spacial score (nSPS) is 5.45. The highest BCUT2D eigenvalue weighted by atomic mass is 14.5. The van der Waals surface area contributed by atoms with Gasteiger partial charge in [0.05, 0.1) is 0 Å². The predicted octanol–water partition coefficient (Wildman–Crippen LogP) is 7.73. The third kappa shape index (κ3) is 53.7. The second-order valence-electron chi connectivity index (χ2n) is 1.91. The first-order chi connectivity index (χ1) is 9.79. The van der Waals surface area contributed by atoms with E-state index >= 15 is 0 Å². The van der Waals surface area contributed by atoms with Gasteiger partial charge in [0.15, 0.2) is 0 Å². The van der Waals surface area contributed by atoms with Gasteiger partial charge in [-0.15, -0.1) is 0 Å². The van der Waals surface area contributed by atoms with Crippen molar-refractivity contribution in [2.24, 2.45) is 0 Å². The maximum absolute atomic E-state index is 5.43. The molecule has 0 aliphatic rings. The van der Waals surface area contributed by atoms with Gasteiger partial charge in [0, 0.05) is 5.69 Å². The lowest BCUT2D eigenvalue weighted by Crippen LogP contribution is -1.81. The van der Waals surface area contributed by atoms with Crippen LogP contribution in [0.15, 0.2) is 24.3 Å². The molecule has 2 N–H and O–H groups in total. The summed E-state index contributed by atoms with van der Waals surface area (Å²) in [5, 5.41) is 0. The molecule has 1 aromatic rings. The van der Waals surface area contributed by atoms with Crippen LogP contribution < -0.4 is 5.73 Å². The van der Waals surface area contributed by atoms with Crippen molar-refractivity contribution in [3.8, 4) is 0 Å². The van der Waals surface area contributed by atoms with E-state index in [0.29, 0.717) is 0 Å². The fourth-order valence-electron chi connectivity index (χ4n) is 0.566. The average Bonchev–Trinajstić information content (AvgIpc) is 2.61. The largest absolute Gasteiger partial charge is 0.399 e. The van der Waals surface area contributed by atoms with Crippen molar-refractivity contribution in [1.29, 1.82) is 0 Å². The standard InChI is InChI=1S/C7H9N.6C2H6/c1-6-2-4-7(8)5-3-6;6*1-2/h2-5H,8H2,1H3;6*1-2H3. The van der Waals surface area contributed by atoms with Crippen molar-refractivity contribution in [1.82, 2.24) is 0 Å². The molecule has 0 aromatic heterocycles. The molecule has 0 bridgehead atoms. The first-order valence-corrected chi connectivity index (χ1v) is 8.61. The van der Waals surface area contributed by atoms with Gasteiger partial charge in [0.25, 0.3) is 0 Å². The molecule has 0 heterocycles. The molecule has 1 aromatic carbocycles. The molecular formula is C19H45N. The van der Waals surface area contributed by atoms with Crippen LogP contribution in [0.3, 0.4) is 0 Å². The Kier molecular flexibility index (Phi) is 117. The van der Waals surface area contributed by atoms with Gasteiger partial charge in [-0.3, -0.25) is 0 Å². The topological polar surface area (TPSA) is 26.0 Å². The average molecular weight is 288 g/mol. The molecule has 126 valence electrons.